The molecule has 0 saturated carbocycles. The number of methoxy groups -OCH3 is 2. The van der Waals surface area contributed by atoms with Gasteiger partial charge in [-0.2, -0.15) is 13.1 Å². The average molecular weight is 1780 g/mol. The molecular formula is C86H128ClN21O12S3. The molecule has 0 fully saturated rings. The zero-order chi connectivity index (χ0) is 89.4. The first-order valence-electron chi connectivity index (χ1n) is 40.1. The van der Waals surface area contributed by atoms with Crippen LogP contribution in [0.4, 0.5) is 33.6 Å². The van der Waals surface area contributed by atoms with Crippen LogP contribution >= 0.6 is 0 Å². The second-order valence-electron chi connectivity index (χ2n) is 30.4. The molecule has 6 heterocycles. The van der Waals surface area contributed by atoms with Crippen molar-refractivity contribution in [1.29, 1.82) is 0 Å². The molecule has 0 saturated heterocycles. The number of sulfonamides is 1. The van der Waals surface area contributed by atoms with E-state index >= 15 is 0 Å². The number of pyridine rings is 1. The molecule has 0 bridgehead atoms. The lowest BCUT2D eigenvalue weighted by molar-refractivity contribution is -0.512. The Kier molecular flexibility index (Phi) is 42.9. The second-order valence-corrected chi connectivity index (χ2v) is 35.2. The number of benzene rings is 5. The van der Waals surface area contributed by atoms with E-state index in [2.05, 4.69) is 160 Å². The third kappa shape index (κ3) is 32.6. The smallest absolute Gasteiger partial charge is 0.474 e. The molecule has 5 aromatic carbocycles. The summed E-state index contributed by atoms with van der Waals surface area (Å²) in [5, 5.41) is 12.3. The van der Waals surface area contributed by atoms with Crippen LogP contribution in [0.25, 0.3) is 43.6 Å². The number of hydrogen-bond donors (Lipinski definition) is 7. The molecule has 37 heteroatoms. The largest absolute Gasteiger partial charge is 1.00 e. The van der Waals surface area contributed by atoms with E-state index in [4.69, 9.17) is 25.1 Å². The van der Waals surface area contributed by atoms with Gasteiger partial charge in [0.2, 0.25) is 10.0 Å². The summed E-state index contributed by atoms with van der Waals surface area (Å²) < 4.78 is 90.7. The highest BCUT2D eigenvalue weighted by Gasteiger charge is 2.35. The van der Waals surface area contributed by atoms with Crippen molar-refractivity contribution in [3.05, 3.63) is 167 Å². The van der Waals surface area contributed by atoms with Crippen LogP contribution in [-0.2, 0) is 35.2 Å². The Morgan fingerprint density at radius 3 is 1.35 bits per heavy atom. The number of aromatic nitrogens is 9. The first kappa shape index (κ1) is 105. The Balaban J connectivity index is 0.000000322. The average Bonchev–Trinajstić information content (AvgIpc) is 1.77. The van der Waals surface area contributed by atoms with Crippen molar-refractivity contribution in [3.8, 4) is 11.5 Å². The third-order valence-corrected chi connectivity index (χ3v) is 22.1. The van der Waals surface area contributed by atoms with Crippen molar-refractivity contribution in [2.45, 2.75) is 152 Å². The van der Waals surface area contributed by atoms with Gasteiger partial charge in [0, 0.05) is 133 Å². The number of rotatable bonds is 34. The van der Waals surface area contributed by atoms with Gasteiger partial charge >= 0.3 is 16.3 Å². The number of anilines is 5. The maximum atomic E-state index is 12.4. The van der Waals surface area contributed by atoms with E-state index in [9.17, 15) is 39.6 Å². The number of aryl methyl sites for hydroxylation is 6. The maximum absolute atomic E-state index is 12.4. The fraction of sp³-hybridized carbons (Fsp3) is 0.465. The molecular weight excluding hydrogens is 1650 g/mol. The number of nitrogens with zero attached hydrogens (tertiary/aromatic N) is 14. The summed E-state index contributed by atoms with van der Waals surface area (Å²) in [7, 11) is 3.82. The molecule has 10 N–H and O–H groups in total. The summed E-state index contributed by atoms with van der Waals surface area (Å²) >= 11 is 0. The minimum atomic E-state index is -4.00. The summed E-state index contributed by atoms with van der Waals surface area (Å²) in [5.41, 5.74) is 23.1. The Hall–Kier alpha value is -10.4. The van der Waals surface area contributed by atoms with Gasteiger partial charge in [-0.3, -0.25) is 14.5 Å². The Morgan fingerprint density at radius 1 is 0.528 bits per heavy atom. The molecule has 11 rings (SSSR count). The minimum absolute atomic E-state index is 0. The van der Waals surface area contributed by atoms with Crippen LogP contribution in [0.1, 0.15) is 159 Å². The summed E-state index contributed by atoms with van der Waals surface area (Å²) in [6.45, 7) is 23.1. The zero-order valence-corrected chi connectivity index (χ0v) is 76.9. The lowest BCUT2D eigenvalue weighted by Crippen LogP contribution is -3.00. The Morgan fingerprint density at radius 2 is 0.935 bits per heavy atom. The van der Waals surface area contributed by atoms with Crippen LogP contribution in [0.5, 0.6) is 11.5 Å². The van der Waals surface area contributed by atoms with Gasteiger partial charge in [-0.05, 0) is 216 Å². The topological polar surface area (TPSA) is 431 Å². The van der Waals surface area contributed by atoms with E-state index < -0.39 is 42.1 Å². The van der Waals surface area contributed by atoms with Crippen LogP contribution in [0.2, 0.25) is 0 Å². The molecule has 123 heavy (non-hydrogen) atoms. The van der Waals surface area contributed by atoms with Gasteiger partial charge in [-0.1, -0.05) is 42.8 Å². The van der Waals surface area contributed by atoms with E-state index in [0.717, 1.165) is 167 Å². The highest BCUT2D eigenvalue weighted by atomic mass is 35.5. The molecule has 0 unspecified atom stereocenters. The van der Waals surface area contributed by atoms with E-state index in [0.29, 0.717) is 55.2 Å². The number of carbonyl (C=O) groups excluding carboxylic acids is 3. The predicted molar refractivity (Wildman–Crippen MR) is 490 cm³/mol. The number of nitrogens with two attached hydrogens (primary N) is 3. The monoisotopic (exact) mass is 1780 g/mol. The normalized spacial score (nSPS) is 11.6. The van der Waals surface area contributed by atoms with Gasteiger partial charge in [0.25, 0.3) is 22.0 Å². The molecule has 1 aliphatic rings. The summed E-state index contributed by atoms with van der Waals surface area (Å²) in [6, 6.07) is 24.9. The molecule has 1 aliphatic heterocycles. The lowest BCUT2D eigenvalue weighted by Gasteiger charge is -2.20. The van der Waals surface area contributed by atoms with E-state index in [1.807, 2.05) is 37.8 Å². The van der Waals surface area contributed by atoms with Crippen molar-refractivity contribution >= 4 is 121 Å². The van der Waals surface area contributed by atoms with E-state index in [1.54, 1.807) is 103 Å². The molecule has 0 atom stereocenters. The van der Waals surface area contributed by atoms with E-state index in [-0.39, 0.29) is 31.6 Å². The number of ether oxygens (including phenoxy) is 3. The molecule has 5 aromatic heterocycles. The SMILES string of the molecule is C.CN.CN(C)c1cc[n+](S(=O)(=O)NC(=O)OC(C)(C)C)cc1.COc1cc2ncncc2c(NCCCCCNS(N)(=O)=O)c1OC.Cc1cc2ncnc(N(C)CCCCCN)c2cc1C.Cc1cc2ncnc(N(C)CCCCCN3C(=O)c4ccccc4C3=O)c2cc1C.Cc1cc2ncnc(N(C)CCCCCNS(C)(=O)=O)c2cc1C.[Cl-]. The molecule has 674 valence electrons. The first-order valence-corrected chi connectivity index (χ1v) is 45.0. The number of halogens is 1. The van der Waals surface area contributed by atoms with E-state index in [1.165, 1.54) is 76.7 Å². The van der Waals surface area contributed by atoms with Crippen LogP contribution in [-0.4, -0.2) is 209 Å². The van der Waals surface area contributed by atoms with Crippen LogP contribution in [0.15, 0.2) is 123 Å². The highest BCUT2D eigenvalue weighted by molar-refractivity contribution is 7.88. The summed E-state index contributed by atoms with van der Waals surface area (Å²) in [4.78, 5) is 80.9. The molecule has 0 aliphatic carbocycles. The summed E-state index contributed by atoms with van der Waals surface area (Å²) in [5.74, 6) is 3.73. The number of imide groups is 1. The van der Waals surface area contributed by atoms with Gasteiger partial charge in [0.1, 0.15) is 48.4 Å². The first-order chi connectivity index (χ1) is 57.3. The van der Waals surface area contributed by atoms with Gasteiger partial charge in [-0.15, -0.1) is 8.42 Å². The quantitative estimate of drug-likeness (QED) is 0.0113. The molecule has 33 nitrogen and oxygen atoms in total. The number of unbranched alkanes of at least 4 members (excludes halogenated alkanes) is 8. The standard InChI is InChI=1S/C24H26N4O2.C17H26N4O2S.C16H24N4.C15H23N5O4S.C12H19N3O4S.CH5N.CH4.ClH/c1-16-13-20-21(14-17(16)2)25-15-26-22(20)27(3)11-7-4-8-12-28-23(29)18-9-5-6-10-19(18)24(28)30;1-13-10-15-16(11-14(13)2)18-12-19-17(15)21(3)9-7-5-6-8-20-24(4,22)23;1-12-9-14-15(10-13(12)2)18-11-19-16(14)20(3)8-6-4-5-7-17;1-23-13-8-12-11(9-17-10-19-12)14(15(13)24-2)18-6-4-3-5-7-20-25(16,21)22;1-12(2,3)19-11(16)13-20(17,18)15-8-6-10(7-9-15)14(4)5;1-2;;/h5-6,9-10,13-15H,4,7-8,11-12H2,1-3H3;10-12,20H,5-9H2,1-4H3;9-11H,4-8,17H2,1-3H3;8-10,18,20H,3-7H2,1-2H3,(H2,16,21,22);6-9H,1-5H3;2H2,1H3;1H4;1H. The molecule has 10 aromatic rings. The Bertz CT molecular complexity index is 5410. The van der Waals surface area contributed by atoms with Gasteiger partial charge in [-0.25, -0.2) is 67.7 Å². The third-order valence-electron chi connectivity index (χ3n) is 19.6. The maximum Gasteiger partial charge on any atom is 0.474 e. The fourth-order valence-corrected chi connectivity index (χ4v) is 14.5. The minimum Gasteiger partial charge on any atom is -1.00 e. The Labute approximate surface area is 733 Å². The zero-order valence-electron chi connectivity index (χ0n) is 73.7. The van der Waals surface area contributed by atoms with Gasteiger partial charge in [0.15, 0.2) is 23.9 Å². The van der Waals surface area contributed by atoms with Crippen LogP contribution in [0.3, 0.4) is 0 Å². The van der Waals surface area contributed by atoms with Crippen LogP contribution in [0, 0.1) is 41.5 Å². The van der Waals surface area contributed by atoms with Crippen molar-refractivity contribution in [2.75, 3.05) is 140 Å². The van der Waals surface area contributed by atoms with Crippen molar-refractivity contribution in [2.24, 2.45) is 16.6 Å². The fourth-order valence-electron chi connectivity index (χ4n) is 12.7. The second kappa shape index (κ2) is 50.4. The number of carbonyl (C=O) groups is 3. The summed E-state index contributed by atoms with van der Waals surface area (Å²) in [6.07, 6.45) is 22.2. The number of fused-ring (bicyclic) bond motifs is 5. The van der Waals surface area contributed by atoms with Crippen molar-refractivity contribution < 1.29 is 70.2 Å². The lowest BCUT2D eigenvalue weighted by atomic mass is 10.1. The molecule has 0 radical (unpaired) electrons. The van der Waals surface area contributed by atoms with Crippen LogP contribution < -0.4 is 81.5 Å². The number of amides is 3. The number of nitrogens with one attached hydrogen (secondary N) is 4. The van der Waals surface area contributed by atoms with Gasteiger partial charge < -0.3 is 63.0 Å². The molecule has 0 spiro atoms. The van der Waals surface area contributed by atoms with Crippen molar-refractivity contribution in [3.63, 3.8) is 0 Å². The van der Waals surface area contributed by atoms with Crippen molar-refractivity contribution in [1.82, 2.24) is 58.9 Å². The number of hydrogen-bond acceptors (Lipinski definition) is 27. The molecule has 3 amide bonds. The van der Waals surface area contributed by atoms with Gasteiger partial charge in [0.05, 0.1) is 59.4 Å². The highest BCUT2D eigenvalue weighted by Crippen LogP contribution is 2.41. The predicted octanol–water partition coefficient (Wildman–Crippen LogP) is 8.26.